The number of rotatable bonds is 1. The zero-order valence-electron chi connectivity index (χ0n) is 8.22. The Labute approximate surface area is 91.3 Å². The summed E-state index contributed by atoms with van der Waals surface area (Å²) in [5, 5.41) is 0. The lowest BCUT2D eigenvalue weighted by Crippen LogP contribution is -2.32. The molecule has 2 rings (SSSR count). The summed E-state index contributed by atoms with van der Waals surface area (Å²) < 4.78 is 24.1. The Balaban J connectivity index is 0.000000980. The quantitative estimate of drug-likeness (QED) is 0.704. The van der Waals surface area contributed by atoms with Crippen LogP contribution in [0.25, 0.3) is 0 Å². The number of nitrogens with zero attached hydrogens (tertiary/aromatic N) is 1. The van der Waals surface area contributed by atoms with E-state index in [0.717, 1.165) is 12.8 Å². The molecule has 2 N–H and O–H groups in total. The molecule has 1 saturated carbocycles. The van der Waals surface area contributed by atoms with Crippen LogP contribution in [0.1, 0.15) is 12.8 Å². The highest BCUT2D eigenvalue weighted by Gasteiger charge is 2.43. The highest BCUT2D eigenvalue weighted by molar-refractivity contribution is 7.88. The van der Waals surface area contributed by atoms with Crippen LogP contribution in [0.15, 0.2) is 0 Å². The van der Waals surface area contributed by atoms with Gasteiger partial charge in [0.05, 0.1) is 6.26 Å². The Morgan fingerprint density at radius 1 is 1.29 bits per heavy atom. The van der Waals surface area contributed by atoms with E-state index in [-0.39, 0.29) is 18.4 Å². The van der Waals surface area contributed by atoms with Crippen molar-refractivity contribution in [2.75, 3.05) is 19.3 Å². The molecule has 2 aliphatic rings. The average Bonchev–Trinajstić information content (AvgIpc) is 2.51. The van der Waals surface area contributed by atoms with Crippen molar-refractivity contribution in [1.82, 2.24) is 4.31 Å². The minimum atomic E-state index is -2.99. The van der Waals surface area contributed by atoms with Gasteiger partial charge in [-0.1, -0.05) is 0 Å². The molecule has 1 aliphatic carbocycles. The van der Waals surface area contributed by atoms with Gasteiger partial charge in [-0.05, 0) is 24.7 Å². The van der Waals surface area contributed by atoms with Gasteiger partial charge in [-0.15, -0.1) is 12.4 Å². The van der Waals surface area contributed by atoms with Gasteiger partial charge in [0.15, 0.2) is 0 Å². The lowest BCUT2D eigenvalue weighted by Gasteiger charge is -2.15. The van der Waals surface area contributed by atoms with E-state index in [2.05, 4.69) is 0 Å². The molecule has 6 heteroatoms. The van der Waals surface area contributed by atoms with E-state index in [4.69, 9.17) is 5.73 Å². The van der Waals surface area contributed by atoms with Gasteiger partial charge in [0.2, 0.25) is 10.0 Å². The number of sulfonamides is 1. The molecule has 3 atom stereocenters. The minimum absolute atomic E-state index is 0. The molecule has 0 aromatic rings. The molecule has 0 radical (unpaired) electrons. The first kappa shape index (κ1) is 12.2. The maximum Gasteiger partial charge on any atom is 0.211 e. The van der Waals surface area contributed by atoms with Crippen LogP contribution in [0.5, 0.6) is 0 Å². The molecule has 1 saturated heterocycles. The van der Waals surface area contributed by atoms with Crippen LogP contribution in [-0.2, 0) is 10.0 Å². The Morgan fingerprint density at radius 2 is 1.93 bits per heavy atom. The van der Waals surface area contributed by atoms with Gasteiger partial charge in [-0.2, -0.15) is 0 Å². The number of nitrogens with two attached hydrogens (primary N) is 1. The van der Waals surface area contributed by atoms with Crippen molar-refractivity contribution in [3.05, 3.63) is 0 Å². The Kier molecular flexibility index (Phi) is 3.46. The van der Waals surface area contributed by atoms with E-state index in [1.807, 2.05) is 0 Å². The summed E-state index contributed by atoms with van der Waals surface area (Å²) in [6.45, 7) is 1.34. The molecular weight excluding hydrogens is 224 g/mol. The predicted molar refractivity (Wildman–Crippen MR) is 57.9 cm³/mol. The fourth-order valence-corrected chi connectivity index (χ4v) is 3.44. The monoisotopic (exact) mass is 240 g/mol. The number of fused-ring (bicyclic) bond motifs is 1. The van der Waals surface area contributed by atoms with Crippen molar-refractivity contribution in [1.29, 1.82) is 0 Å². The first-order valence-corrected chi connectivity index (χ1v) is 6.54. The molecule has 4 nitrogen and oxygen atoms in total. The summed E-state index contributed by atoms with van der Waals surface area (Å²) in [7, 11) is -2.99. The second-order valence-corrected chi connectivity index (χ2v) is 6.23. The smallest absolute Gasteiger partial charge is 0.211 e. The third-order valence-corrected chi connectivity index (χ3v) is 4.58. The Hall–Kier alpha value is 0.160. The van der Waals surface area contributed by atoms with E-state index in [1.165, 1.54) is 6.26 Å². The molecule has 2 fully saturated rings. The first-order valence-electron chi connectivity index (χ1n) is 4.69. The van der Waals surface area contributed by atoms with Crippen molar-refractivity contribution >= 4 is 22.4 Å². The normalized spacial score (nSPS) is 38.0. The molecule has 3 unspecified atom stereocenters. The lowest BCUT2D eigenvalue weighted by molar-refractivity contribution is 0.429. The summed E-state index contributed by atoms with van der Waals surface area (Å²) in [4.78, 5) is 0. The van der Waals surface area contributed by atoms with Gasteiger partial charge >= 0.3 is 0 Å². The van der Waals surface area contributed by atoms with Crippen LogP contribution in [0.3, 0.4) is 0 Å². The van der Waals surface area contributed by atoms with Gasteiger partial charge in [0, 0.05) is 19.1 Å². The van der Waals surface area contributed by atoms with E-state index < -0.39 is 10.0 Å². The van der Waals surface area contributed by atoms with Crippen LogP contribution < -0.4 is 5.73 Å². The molecule has 14 heavy (non-hydrogen) atoms. The lowest BCUT2D eigenvalue weighted by atomic mass is 9.98. The van der Waals surface area contributed by atoms with Gasteiger partial charge in [-0.25, -0.2) is 12.7 Å². The van der Waals surface area contributed by atoms with Crippen molar-refractivity contribution in [3.63, 3.8) is 0 Å². The molecule has 1 heterocycles. The summed E-state index contributed by atoms with van der Waals surface area (Å²) in [5.74, 6) is 0.930. The maximum atomic E-state index is 11.3. The van der Waals surface area contributed by atoms with Gasteiger partial charge < -0.3 is 5.73 Å². The molecule has 0 bridgehead atoms. The summed E-state index contributed by atoms with van der Waals surface area (Å²) in [5.41, 5.74) is 5.90. The molecule has 0 amide bonds. The van der Waals surface area contributed by atoms with E-state index in [0.29, 0.717) is 24.9 Å². The summed E-state index contributed by atoms with van der Waals surface area (Å²) in [6.07, 6.45) is 3.43. The highest BCUT2D eigenvalue weighted by Crippen LogP contribution is 2.37. The minimum Gasteiger partial charge on any atom is -0.327 e. The predicted octanol–water partition coefficient (Wildman–Crippen LogP) is 0.0369. The Morgan fingerprint density at radius 3 is 2.43 bits per heavy atom. The van der Waals surface area contributed by atoms with Gasteiger partial charge in [0.25, 0.3) is 0 Å². The van der Waals surface area contributed by atoms with Gasteiger partial charge in [-0.3, -0.25) is 0 Å². The van der Waals surface area contributed by atoms with Crippen LogP contribution in [0.4, 0.5) is 0 Å². The molecule has 0 aromatic heterocycles. The first-order chi connectivity index (χ1) is 5.98. The van der Waals surface area contributed by atoms with Crippen molar-refractivity contribution in [2.24, 2.45) is 17.6 Å². The van der Waals surface area contributed by atoms with E-state index in [1.54, 1.807) is 4.31 Å². The van der Waals surface area contributed by atoms with E-state index in [9.17, 15) is 8.42 Å². The molecule has 0 aromatic carbocycles. The SMILES string of the molecule is CS(=O)(=O)N1CC2CCC(N)C2C1.Cl. The second kappa shape index (κ2) is 3.96. The maximum absolute atomic E-state index is 11.3. The fraction of sp³-hybridized carbons (Fsp3) is 1.00. The molecule has 84 valence electrons. The Bertz CT molecular complexity index is 306. The standard InChI is InChI=1S/C8H16N2O2S.ClH/c1-13(11,12)10-4-6-2-3-8(9)7(6)5-10;/h6-8H,2-5,9H2,1H3;1H. The topological polar surface area (TPSA) is 63.4 Å². The second-order valence-electron chi connectivity index (χ2n) is 4.25. The third-order valence-electron chi connectivity index (χ3n) is 3.35. The van der Waals surface area contributed by atoms with Crippen LogP contribution in [-0.4, -0.2) is 38.1 Å². The van der Waals surface area contributed by atoms with Crippen LogP contribution in [0, 0.1) is 11.8 Å². The molecule has 0 spiro atoms. The highest BCUT2D eigenvalue weighted by atomic mass is 35.5. The zero-order valence-corrected chi connectivity index (χ0v) is 9.85. The molecular formula is C8H17ClN2O2S. The number of hydrogen-bond acceptors (Lipinski definition) is 3. The summed E-state index contributed by atoms with van der Waals surface area (Å²) >= 11 is 0. The average molecular weight is 241 g/mol. The van der Waals surface area contributed by atoms with Crippen LogP contribution in [0.2, 0.25) is 0 Å². The van der Waals surface area contributed by atoms with Gasteiger partial charge in [0.1, 0.15) is 0 Å². The fourth-order valence-electron chi connectivity index (χ4n) is 2.54. The number of halogens is 1. The number of hydrogen-bond donors (Lipinski definition) is 1. The largest absolute Gasteiger partial charge is 0.327 e. The van der Waals surface area contributed by atoms with Crippen molar-refractivity contribution in [3.8, 4) is 0 Å². The van der Waals surface area contributed by atoms with E-state index >= 15 is 0 Å². The summed E-state index contributed by atoms with van der Waals surface area (Å²) in [6, 6.07) is 0.219. The van der Waals surface area contributed by atoms with Crippen LogP contribution >= 0.6 is 12.4 Å². The zero-order chi connectivity index (χ0) is 9.64. The van der Waals surface area contributed by atoms with Crippen molar-refractivity contribution < 1.29 is 8.42 Å². The third kappa shape index (κ3) is 2.05. The molecule has 1 aliphatic heterocycles. The van der Waals surface area contributed by atoms with Crippen molar-refractivity contribution in [2.45, 2.75) is 18.9 Å².